The van der Waals surface area contributed by atoms with Crippen molar-refractivity contribution < 1.29 is 4.79 Å². The fourth-order valence-electron chi connectivity index (χ4n) is 4.01. The summed E-state index contributed by atoms with van der Waals surface area (Å²) < 4.78 is 0. The smallest absolute Gasteiger partial charge is 0.241 e. The third-order valence-electron chi connectivity index (χ3n) is 5.49. The molecule has 6 nitrogen and oxygen atoms in total. The molecular formula is C21H27N5O. The fourth-order valence-corrected chi connectivity index (χ4v) is 4.01. The second-order valence-corrected chi connectivity index (χ2v) is 7.46. The van der Waals surface area contributed by atoms with Crippen molar-refractivity contribution in [2.75, 3.05) is 49.1 Å². The summed E-state index contributed by atoms with van der Waals surface area (Å²) in [7, 11) is 0. The van der Waals surface area contributed by atoms with Crippen molar-refractivity contribution in [3.63, 3.8) is 0 Å². The Kier molecular flexibility index (Phi) is 5.07. The van der Waals surface area contributed by atoms with E-state index in [9.17, 15) is 4.79 Å². The number of amides is 1. The van der Waals surface area contributed by atoms with E-state index in [0.717, 1.165) is 68.5 Å². The van der Waals surface area contributed by atoms with E-state index in [-0.39, 0.29) is 5.91 Å². The summed E-state index contributed by atoms with van der Waals surface area (Å²) >= 11 is 0. The zero-order valence-corrected chi connectivity index (χ0v) is 16.2. The minimum absolute atomic E-state index is 0.210. The van der Waals surface area contributed by atoms with Gasteiger partial charge in [0, 0.05) is 44.6 Å². The second kappa shape index (κ2) is 7.64. The van der Waals surface area contributed by atoms with Gasteiger partial charge in [-0.05, 0) is 38.3 Å². The molecule has 0 unspecified atom stereocenters. The van der Waals surface area contributed by atoms with E-state index in [4.69, 9.17) is 0 Å². The van der Waals surface area contributed by atoms with Crippen LogP contribution in [-0.2, 0) is 11.2 Å². The number of fused-ring (bicyclic) bond motifs is 1. The minimum Gasteiger partial charge on any atom is -0.353 e. The van der Waals surface area contributed by atoms with Gasteiger partial charge < -0.3 is 9.80 Å². The first-order valence-electron chi connectivity index (χ1n) is 9.77. The topological polar surface area (TPSA) is 52.6 Å². The van der Waals surface area contributed by atoms with Crippen LogP contribution in [-0.4, -0.2) is 60.0 Å². The summed E-state index contributed by atoms with van der Waals surface area (Å²) in [6.45, 7) is 8.79. The first-order valence-corrected chi connectivity index (χ1v) is 9.77. The maximum absolute atomic E-state index is 12.9. The van der Waals surface area contributed by atoms with E-state index in [2.05, 4.69) is 38.0 Å². The molecule has 2 aromatic rings. The van der Waals surface area contributed by atoms with Gasteiger partial charge in [-0.25, -0.2) is 4.98 Å². The van der Waals surface area contributed by atoms with Gasteiger partial charge in [-0.2, -0.15) is 0 Å². The van der Waals surface area contributed by atoms with Gasteiger partial charge in [0.2, 0.25) is 5.91 Å². The number of rotatable bonds is 3. The molecule has 0 bridgehead atoms. The van der Waals surface area contributed by atoms with Gasteiger partial charge in [-0.1, -0.05) is 18.2 Å². The quantitative estimate of drug-likeness (QED) is 0.835. The standard InChI is InChI=1S/C21H27N5O/c1-16-14-22-17(2)21(23-16)25-12-10-24(11-13-25)15-20(27)26-9-5-7-18-6-3-4-8-19(18)26/h3-4,6,8,14H,5,7,9-13,15H2,1-2H3. The summed E-state index contributed by atoms with van der Waals surface area (Å²) in [5.74, 6) is 1.19. The first kappa shape index (κ1) is 17.9. The Labute approximate surface area is 160 Å². The summed E-state index contributed by atoms with van der Waals surface area (Å²) in [6.07, 6.45) is 3.92. The van der Waals surface area contributed by atoms with E-state index >= 15 is 0 Å². The third-order valence-corrected chi connectivity index (χ3v) is 5.49. The molecule has 4 rings (SSSR count). The molecule has 2 aliphatic rings. The lowest BCUT2D eigenvalue weighted by atomic mass is 10.0. The SMILES string of the molecule is Cc1cnc(C)c(N2CCN(CC(=O)N3CCCc4ccccc43)CC2)n1. The molecule has 0 spiro atoms. The lowest BCUT2D eigenvalue weighted by molar-refractivity contribution is -0.119. The van der Waals surface area contributed by atoms with Crippen molar-refractivity contribution in [3.8, 4) is 0 Å². The van der Waals surface area contributed by atoms with Crippen molar-refractivity contribution in [3.05, 3.63) is 47.4 Å². The van der Waals surface area contributed by atoms with Gasteiger partial charge >= 0.3 is 0 Å². The Morgan fingerprint density at radius 1 is 1.07 bits per heavy atom. The van der Waals surface area contributed by atoms with Crippen molar-refractivity contribution in [1.29, 1.82) is 0 Å². The zero-order chi connectivity index (χ0) is 18.8. The predicted octanol–water partition coefficient (Wildman–Crippen LogP) is 2.19. The van der Waals surface area contributed by atoms with Crippen LogP contribution in [0.3, 0.4) is 0 Å². The number of anilines is 2. The molecule has 0 saturated carbocycles. The van der Waals surface area contributed by atoms with Crippen LogP contribution < -0.4 is 9.80 Å². The molecule has 1 amide bonds. The summed E-state index contributed by atoms with van der Waals surface area (Å²) in [6, 6.07) is 8.29. The highest BCUT2D eigenvalue weighted by Gasteiger charge is 2.26. The average Bonchev–Trinajstić information content (AvgIpc) is 2.70. The monoisotopic (exact) mass is 365 g/mol. The van der Waals surface area contributed by atoms with E-state index in [1.165, 1.54) is 5.56 Å². The number of aryl methyl sites for hydroxylation is 3. The van der Waals surface area contributed by atoms with Crippen LogP contribution in [0.4, 0.5) is 11.5 Å². The molecule has 0 radical (unpaired) electrons. The van der Waals surface area contributed by atoms with Crippen LogP contribution in [0.5, 0.6) is 0 Å². The largest absolute Gasteiger partial charge is 0.353 e. The van der Waals surface area contributed by atoms with E-state index in [0.29, 0.717) is 6.54 Å². The Morgan fingerprint density at radius 2 is 1.85 bits per heavy atom. The number of nitrogens with zero attached hydrogens (tertiary/aromatic N) is 5. The third kappa shape index (κ3) is 3.81. The second-order valence-electron chi connectivity index (χ2n) is 7.46. The van der Waals surface area contributed by atoms with Crippen LogP contribution in [0, 0.1) is 13.8 Å². The van der Waals surface area contributed by atoms with Gasteiger partial charge in [0.1, 0.15) is 5.82 Å². The van der Waals surface area contributed by atoms with Crippen LogP contribution >= 0.6 is 0 Å². The highest BCUT2D eigenvalue weighted by Crippen LogP contribution is 2.27. The maximum Gasteiger partial charge on any atom is 0.241 e. The molecule has 27 heavy (non-hydrogen) atoms. The predicted molar refractivity (Wildman–Crippen MR) is 107 cm³/mol. The van der Waals surface area contributed by atoms with Crippen LogP contribution in [0.15, 0.2) is 30.5 Å². The molecule has 2 aliphatic heterocycles. The molecule has 142 valence electrons. The maximum atomic E-state index is 12.9. The number of hydrogen-bond acceptors (Lipinski definition) is 5. The lowest BCUT2D eigenvalue weighted by Gasteiger charge is -2.37. The van der Waals surface area contributed by atoms with Crippen molar-refractivity contribution in [2.45, 2.75) is 26.7 Å². The van der Waals surface area contributed by atoms with Crippen molar-refractivity contribution in [1.82, 2.24) is 14.9 Å². The molecule has 0 atom stereocenters. The summed E-state index contributed by atoms with van der Waals surface area (Å²) in [4.78, 5) is 28.5. The molecule has 1 aromatic heterocycles. The van der Waals surface area contributed by atoms with E-state index in [1.807, 2.05) is 31.0 Å². The highest BCUT2D eigenvalue weighted by molar-refractivity contribution is 5.96. The van der Waals surface area contributed by atoms with Crippen LogP contribution in [0.1, 0.15) is 23.4 Å². The van der Waals surface area contributed by atoms with E-state index in [1.54, 1.807) is 0 Å². The van der Waals surface area contributed by atoms with Gasteiger partial charge in [-0.15, -0.1) is 0 Å². The molecule has 3 heterocycles. The number of benzene rings is 1. The number of carbonyl (C=O) groups is 1. The van der Waals surface area contributed by atoms with Gasteiger partial charge in [0.05, 0.1) is 17.9 Å². The van der Waals surface area contributed by atoms with Crippen molar-refractivity contribution >= 4 is 17.4 Å². The Balaban J connectivity index is 1.37. The number of piperazine rings is 1. The first-order chi connectivity index (χ1) is 13.1. The number of aromatic nitrogens is 2. The molecule has 1 aromatic carbocycles. The number of carbonyl (C=O) groups excluding carboxylic acids is 1. The minimum atomic E-state index is 0.210. The Hall–Kier alpha value is -2.47. The Morgan fingerprint density at radius 3 is 2.67 bits per heavy atom. The van der Waals surface area contributed by atoms with Gasteiger partial charge in [-0.3, -0.25) is 14.7 Å². The highest BCUT2D eigenvalue weighted by atomic mass is 16.2. The summed E-state index contributed by atoms with van der Waals surface area (Å²) in [5.41, 5.74) is 4.29. The summed E-state index contributed by atoms with van der Waals surface area (Å²) in [5, 5.41) is 0. The van der Waals surface area contributed by atoms with Crippen LogP contribution in [0.25, 0.3) is 0 Å². The normalized spacial score (nSPS) is 17.7. The lowest BCUT2D eigenvalue weighted by Crippen LogP contribution is -2.51. The number of hydrogen-bond donors (Lipinski definition) is 0. The molecule has 1 fully saturated rings. The van der Waals surface area contributed by atoms with Crippen LogP contribution in [0.2, 0.25) is 0 Å². The van der Waals surface area contributed by atoms with Gasteiger partial charge in [0.25, 0.3) is 0 Å². The zero-order valence-electron chi connectivity index (χ0n) is 16.2. The average molecular weight is 365 g/mol. The molecule has 0 N–H and O–H groups in total. The molecular weight excluding hydrogens is 338 g/mol. The molecule has 0 aliphatic carbocycles. The van der Waals surface area contributed by atoms with Crippen molar-refractivity contribution in [2.24, 2.45) is 0 Å². The van der Waals surface area contributed by atoms with Gasteiger partial charge in [0.15, 0.2) is 0 Å². The van der Waals surface area contributed by atoms with E-state index < -0.39 is 0 Å². The molecule has 6 heteroatoms. The number of para-hydroxylation sites is 1. The molecule has 1 saturated heterocycles. The fraction of sp³-hybridized carbons (Fsp3) is 0.476. The Bertz CT molecular complexity index is 829.